The monoisotopic (exact) mass is 348 g/mol. The number of carbonyl (C=O) groups excluding carboxylic acids is 1. The SMILES string of the molecule is Cc1ccc(NC(=O)Nc2cccc(Br)c2)c(C(=O)O)c1. The number of benzene rings is 2. The van der Waals surface area contributed by atoms with Crippen molar-refractivity contribution in [2.24, 2.45) is 0 Å². The number of carbonyl (C=O) groups is 2. The highest BCUT2D eigenvalue weighted by molar-refractivity contribution is 9.10. The third kappa shape index (κ3) is 4.06. The second-order valence-corrected chi connectivity index (χ2v) is 5.36. The van der Waals surface area contributed by atoms with Crippen LogP contribution in [0.5, 0.6) is 0 Å². The van der Waals surface area contributed by atoms with Crippen molar-refractivity contribution in [2.45, 2.75) is 6.92 Å². The first-order valence-corrected chi connectivity index (χ1v) is 6.92. The highest BCUT2D eigenvalue weighted by Gasteiger charge is 2.12. The molecule has 0 heterocycles. The first kappa shape index (κ1) is 15.1. The second-order valence-electron chi connectivity index (χ2n) is 4.44. The zero-order valence-corrected chi connectivity index (χ0v) is 12.8. The lowest BCUT2D eigenvalue weighted by molar-refractivity contribution is 0.0698. The van der Waals surface area contributed by atoms with Crippen LogP contribution in [-0.4, -0.2) is 17.1 Å². The van der Waals surface area contributed by atoms with E-state index in [4.69, 9.17) is 5.11 Å². The molecule has 108 valence electrons. The number of aryl methyl sites for hydroxylation is 1. The van der Waals surface area contributed by atoms with E-state index in [9.17, 15) is 9.59 Å². The minimum atomic E-state index is -1.09. The summed E-state index contributed by atoms with van der Waals surface area (Å²) in [5, 5.41) is 14.3. The number of aromatic carboxylic acids is 1. The largest absolute Gasteiger partial charge is 0.478 e. The number of hydrogen-bond donors (Lipinski definition) is 3. The molecule has 2 aromatic rings. The number of rotatable bonds is 3. The Balaban J connectivity index is 2.15. The minimum Gasteiger partial charge on any atom is -0.478 e. The zero-order valence-electron chi connectivity index (χ0n) is 11.2. The van der Waals surface area contributed by atoms with Crippen molar-refractivity contribution in [3.8, 4) is 0 Å². The highest BCUT2D eigenvalue weighted by Crippen LogP contribution is 2.19. The summed E-state index contributed by atoms with van der Waals surface area (Å²) in [6.45, 7) is 1.79. The van der Waals surface area contributed by atoms with Crippen molar-refractivity contribution in [2.75, 3.05) is 10.6 Å². The van der Waals surface area contributed by atoms with Crippen molar-refractivity contribution in [1.82, 2.24) is 0 Å². The average molecular weight is 349 g/mol. The van der Waals surface area contributed by atoms with Gasteiger partial charge in [-0.05, 0) is 37.3 Å². The van der Waals surface area contributed by atoms with Gasteiger partial charge in [-0.3, -0.25) is 0 Å². The van der Waals surface area contributed by atoms with Gasteiger partial charge >= 0.3 is 12.0 Å². The summed E-state index contributed by atoms with van der Waals surface area (Å²) in [4.78, 5) is 23.1. The van der Waals surface area contributed by atoms with Crippen LogP contribution in [0.1, 0.15) is 15.9 Å². The van der Waals surface area contributed by atoms with E-state index in [0.29, 0.717) is 5.69 Å². The molecule has 0 radical (unpaired) electrons. The molecule has 2 amide bonds. The van der Waals surface area contributed by atoms with Crippen molar-refractivity contribution in [3.05, 3.63) is 58.1 Å². The van der Waals surface area contributed by atoms with E-state index in [0.717, 1.165) is 10.0 Å². The van der Waals surface area contributed by atoms with E-state index in [1.165, 1.54) is 6.07 Å². The zero-order chi connectivity index (χ0) is 15.4. The molecule has 21 heavy (non-hydrogen) atoms. The van der Waals surface area contributed by atoms with Crippen LogP contribution in [-0.2, 0) is 0 Å². The Morgan fingerprint density at radius 3 is 2.52 bits per heavy atom. The molecule has 0 aliphatic heterocycles. The first-order valence-electron chi connectivity index (χ1n) is 6.13. The molecule has 5 nitrogen and oxygen atoms in total. The van der Waals surface area contributed by atoms with E-state index < -0.39 is 12.0 Å². The normalized spacial score (nSPS) is 10.0. The summed E-state index contributed by atoms with van der Waals surface area (Å²) in [6, 6.07) is 11.4. The van der Waals surface area contributed by atoms with Crippen LogP contribution in [0.2, 0.25) is 0 Å². The summed E-state index contributed by atoms with van der Waals surface area (Å²) in [6.07, 6.45) is 0. The number of hydrogen-bond acceptors (Lipinski definition) is 2. The number of halogens is 1. The molecule has 0 atom stereocenters. The fourth-order valence-electron chi connectivity index (χ4n) is 1.79. The summed E-state index contributed by atoms with van der Waals surface area (Å²) < 4.78 is 0.835. The number of urea groups is 1. The Morgan fingerprint density at radius 1 is 1.10 bits per heavy atom. The number of carboxylic acids is 1. The molecule has 0 aliphatic carbocycles. The van der Waals surface area contributed by atoms with E-state index in [2.05, 4.69) is 26.6 Å². The van der Waals surface area contributed by atoms with E-state index in [1.54, 1.807) is 37.3 Å². The third-order valence-corrected chi connectivity index (χ3v) is 3.23. The molecule has 0 fully saturated rings. The Bertz CT molecular complexity index is 701. The fourth-order valence-corrected chi connectivity index (χ4v) is 2.19. The molecule has 3 N–H and O–H groups in total. The lowest BCUT2D eigenvalue weighted by Crippen LogP contribution is -2.21. The minimum absolute atomic E-state index is 0.0550. The van der Waals surface area contributed by atoms with Crippen molar-refractivity contribution < 1.29 is 14.7 Å². The van der Waals surface area contributed by atoms with Crippen LogP contribution in [0.15, 0.2) is 46.9 Å². The van der Waals surface area contributed by atoms with Gasteiger partial charge in [-0.1, -0.05) is 33.6 Å². The van der Waals surface area contributed by atoms with Gasteiger partial charge in [0.05, 0.1) is 11.3 Å². The molecule has 0 unspecified atom stereocenters. The average Bonchev–Trinajstić information content (AvgIpc) is 2.40. The van der Waals surface area contributed by atoms with Crippen LogP contribution >= 0.6 is 15.9 Å². The van der Waals surface area contributed by atoms with E-state index in [-0.39, 0.29) is 11.3 Å². The molecule has 0 saturated heterocycles. The maximum Gasteiger partial charge on any atom is 0.337 e. The lowest BCUT2D eigenvalue weighted by atomic mass is 10.1. The van der Waals surface area contributed by atoms with Crippen LogP contribution in [0.4, 0.5) is 16.2 Å². The number of nitrogens with one attached hydrogen (secondary N) is 2. The molecule has 0 saturated carbocycles. The van der Waals surface area contributed by atoms with Gasteiger partial charge in [-0.2, -0.15) is 0 Å². The second kappa shape index (κ2) is 6.41. The van der Waals surface area contributed by atoms with Gasteiger partial charge in [0.1, 0.15) is 0 Å². The third-order valence-electron chi connectivity index (χ3n) is 2.74. The maximum absolute atomic E-state index is 11.9. The summed E-state index contributed by atoms with van der Waals surface area (Å²) in [7, 11) is 0. The summed E-state index contributed by atoms with van der Waals surface area (Å²) in [5.74, 6) is -1.09. The smallest absolute Gasteiger partial charge is 0.337 e. The Hall–Kier alpha value is -2.34. The molecular formula is C15H13BrN2O3. The van der Waals surface area contributed by atoms with Crippen LogP contribution in [0, 0.1) is 6.92 Å². The van der Waals surface area contributed by atoms with Gasteiger partial charge in [-0.25, -0.2) is 9.59 Å². The fraction of sp³-hybridized carbons (Fsp3) is 0.0667. The Morgan fingerprint density at radius 2 is 1.86 bits per heavy atom. The molecule has 2 rings (SSSR count). The van der Waals surface area contributed by atoms with Crippen molar-refractivity contribution in [3.63, 3.8) is 0 Å². The first-order chi connectivity index (χ1) is 9.95. The highest BCUT2D eigenvalue weighted by atomic mass is 79.9. The van der Waals surface area contributed by atoms with Crippen LogP contribution in [0.25, 0.3) is 0 Å². The molecule has 0 spiro atoms. The topological polar surface area (TPSA) is 78.4 Å². The van der Waals surface area contributed by atoms with Gasteiger partial charge in [0.25, 0.3) is 0 Å². The Kier molecular flexibility index (Phi) is 4.59. The maximum atomic E-state index is 11.9. The van der Waals surface area contributed by atoms with Crippen LogP contribution in [0.3, 0.4) is 0 Å². The molecular weight excluding hydrogens is 336 g/mol. The van der Waals surface area contributed by atoms with Crippen molar-refractivity contribution >= 4 is 39.3 Å². The summed E-state index contributed by atoms with van der Waals surface area (Å²) >= 11 is 3.31. The van der Waals surface area contributed by atoms with Gasteiger partial charge < -0.3 is 15.7 Å². The van der Waals surface area contributed by atoms with E-state index >= 15 is 0 Å². The van der Waals surface area contributed by atoms with Gasteiger partial charge in [0.2, 0.25) is 0 Å². The van der Waals surface area contributed by atoms with Gasteiger partial charge in [0, 0.05) is 10.2 Å². The lowest BCUT2D eigenvalue weighted by Gasteiger charge is -2.10. The number of amides is 2. The van der Waals surface area contributed by atoms with Crippen molar-refractivity contribution in [1.29, 1.82) is 0 Å². The predicted octanol–water partition coefficient (Wildman–Crippen LogP) is 4.10. The number of carboxylic acid groups (broad SMARTS) is 1. The Labute approximate surface area is 130 Å². The predicted molar refractivity (Wildman–Crippen MR) is 84.9 cm³/mol. The molecule has 0 aliphatic rings. The molecule has 6 heteroatoms. The van der Waals surface area contributed by atoms with E-state index in [1.807, 2.05) is 6.07 Å². The summed E-state index contributed by atoms with van der Waals surface area (Å²) in [5.41, 5.74) is 1.72. The van der Waals surface area contributed by atoms with Crippen LogP contribution < -0.4 is 10.6 Å². The quantitative estimate of drug-likeness (QED) is 0.781. The van der Waals surface area contributed by atoms with Gasteiger partial charge in [-0.15, -0.1) is 0 Å². The number of anilines is 2. The standard InChI is InChI=1S/C15H13BrN2O3/c1-9-5-6-13(12(7-9)14(19)20)18-15(21)17-11-4-2-3-10(16)8-11/h2-8H,1H3,(H,19,20)(H2,17,18,21). The molecule has 2 aromatic carbocycles. The molecule has 0 bridgehead atoms. The van der Waals surface area contributed by atoms with Gasteiger partial charge in [0.15, 0.2) is 0 Å². The molecule has 0 aromatic heterocycles.